The van der Waals surface area contributed by atoms with Gasteiger partial charge in [0, 0.05) is 12.1 Å². The molecule has 0 atom stereocenters. The molecule has 1 rings (SSSR count). The van der Waals surface area contributed by atoms with Crippen molar-refractivity contribution < 1.29 is 23.1 Å². The molecule has 8 heteroatoms. The molecule has 0 aliphatic heterocycles. The number of amides is 1. The summed E-state index contributed by atoms with van der Waals surface area (Å²) in [5.41, 5.74) is 1.31. The molecule has 0 saturated carbocycles. The van der Waals surface area contributed by atoms with Gasteiger partial charge in [-0.25, -0.2) is 9.52 Å². The van der Waals surface area contributed by atoms with Gasteiger partial charge in [0.25, 0.3) is 0 Å². The first-order valence-corrected chi connectivity index (χ1v) is 7.58. The summed E-state index contributed by atoms with van der Waals surface area (Å²) in [6, 6.07) is 6.83. The lowest BCUT2D eigenvalue weighted by Gasteiger charge is -2.08. The van der Waals surface area contributed by atoms with Crippen molar-refractivity contribution >= 4 is 16.3 Å². The van der Waals surface area contributed by atoms with Crippen LogP contribution in [-0.2, 0) is 21.5 Å². The van der Waals surface area contributed by atoms with Gasteiger partial charge in [-0.15, -0.1) is 0 Å². The van der Waals surface area contributed by atoms with E-state index in [4.69, 9.17) is 5.11 Å². The van der Waals surface area contributed by atoms with Gasteiger partial charge in [-0.2, -0.15) is 13.1 Å². The van der Waals surface area contributed by atoms with Crippen LogP contribution in [0, 0.1) is 11.8 Å². The van der Waals surface area contributed by atoms with Crippen molar-refractivity contribution in [1.82, 2.24) is 9.44 Å². The minimum Gasteiger partial charge on any atom is -0.449 e. The van der Waals surface area contributed by atoms with Gasteiger partial charge in [0.1, 0.15) is 6.61 Å². The van der Waals surface area contributed by atoms with Gasteiger partial charge < -0.3 is 9.84 Å². The van der Waals surface area contributed by atoms with Crippen molar-refractivity contribution in [1.29, 1.82) is 0 Å². The fourth-order valence-corrected chi connectivity index (χ4v) is 2.09. The number of ether oxygens (including phenoxy) is 1. The Morgan fingerprint density at radius 2 is 2.19 bits per heavy atom. The second kappa shape index (κ2) is 8.26. The number of hydrogen-bond donors (Lipinski definition) is 3. The van der Waals surface area contributed by atoms with Crippen LogP contribution in [0.15, 0.2) is 24.3 Å². The second-order valence-corrected chi connectivity index (χ2v) is 5.31. The molecule has 0 heterocycles. The lowest BCUT2D eigenvalue weighted by atomic mass is 10.1. The molecule has 1 amide bonds. The maximum Gasteiger partial charge on any atom is 0.421 e. The van der Waals surface area contributed by atoms with Crippen LogP contribution in [-0.4, -0.2) is 32.8 Å². The smallest absolute Gasteiger partial charge is 0.421 e. The molecule has 7 nitrogen and oxygen atoms in total. The molecule has 0 bridgehead atoms. The van der Waals surface area contributed by atoms with E-state index < -0.39 is 16.3 Å². The van der Waals surface area contributed by atoms with Gasteiger partial charge in [0.05, 0.1) is 6.61 Å². The highest BCUT2D eigenvalue weighted by atomic mass is 32.2. The van der Waals surface area contributed by atoms with Crippen LogP contribution in [0.4, 0.5) is 4.79 Å². The number of carbonyl (C=O) groups is 1. The Balaban J connectivity index is 2.64. The normalized spacial score (nSPS) is 10.4. The summed E-state index contributed by atoms with van der Waals surface area (Å²) in [7, 11) is -3.98. The van der Waals surface area contributed by atoms with Crippen LogP contribution in [0.3, 0.4) is 0 Å². The third kappa shape index (κ3) is 6.76. The molecule has 0 fully saturated rings. The average molecular weight is 312 g/mol. The van der Waals surface area contributed by atoms with Gasteiger partial charge in [-0.1, -0.05) is 24.0 Å². The summed E-state index contributed by atoms with van der Waals surface area (Å²) >= 11 is 0. The number of aliphatic hydroxyl groups is 1. The molecule has 3 N–H and O–H groups in total. The molecule has 21 heavy (non-hydrogen) atoms. The van der Waals surface area contributed by atoms with E-state index in [0.29, 0.717) is 11.1 Å². The van der Waals surface area contributed by atoms with E-state index >= 15 is 0 Å². The van der Waals surface area contributed by atoms with E-state index in [1.165, 1.54) is 0 Å². The first kappa shape index (κ1) is 17.0. The van der Waals surface area contributed by atoms with Gasteiger partial charge in [-0.3, -0.25) is 0 Å². The highest BCUT2D eigenvalue weighted by molar-refractivity contribution is 7.88. The fraction of sp³-hybridized carbons (Fsp3) is 0.308. The zero-order valence-corrected chi connectivity index (χ0v) is 12.2. The van der Waals surface area contributed by atoms with Crippen molar-refractivity contribution in [2.75, 3.05) is 13.2 Å². The van der Waals surface area contributed by atoms with Gasteiger partial charge >= 0.3 is 16.3 Å². The Hall–Kier alpha value is -2.08. The largest absolute Gasteiger partial charge is 0.449 e. The topological polar surface area (TPSA) is 105 Å². The molecule has 0 saturated heterocycles. The number of benzene rings is 1. The summed E-state index contributed by atoms with van der Waals surface area (Å²) in [4.78, 5) is 11.0. The monoisotopic (exact) mass is 312 g/mol. The van der Waals surface area contributed by atoms with E-state index in [1.807, 2.05) is 0 Å². The lowest BCUT2D eigenvalue weighted by molar-refractivity contribution is 0.158. The second-order valence-electron chi connectivity index (χ2n) is 3.81. The Kier molecular flexibility index (Phi) is 6.68. The van der Waals surface area contributed by atoms with Crippen molar-refractivity contribution in [2.24, 2.45) is 0 Å². The number of aliphatic hydroxyl groups excluding tert-OH is 1. The first-order chi connectivity index (χ1) is 9.96. The van der Waals surface area contributed by atoms with Crippen molar-refractivity contribution in [3.8, 4) is 11.8 Å². The lowest BCUT2D eigenvalue weighted by Crippen LogP contribution is -2.40. The Bertz CT molecular complexity index is 646. The molecule has 1 aromatic rings. The SMILES string of the molecule is CCOC(=O)NS(=O)(=O)NCc1cccc(C#CCO)c1. The molecule has 114 valence electrons. The van der Waals surface area contributed by atoms with E-state index in [1.54, 1.807) is 35.9 Å². The number of carbonyl (C=O) groups excluding carboxylic acids is 1. The maximum absolute atomic E-state index is 11.6. The van der Waals surface area contributed by atoms with Crippen molar-refractivity contribution in [3.63, 3.8) is 0 Å². The van der Waals surface area contributed by atoms with Gasteiger partial charge in [-0.05, 0) is 24.6 Å². The number of rotatable bonds is 5. The molecule has 0 aromatic heterocycles. The molecular weight excluding hydrogens is 296 g/mol. The first-order valence-electron chi connectivity index (χ1n) is 6.09. The van der Waals surface area contributed by atoms with Crippen LogP contribution in [0.25, 0.3) is 0 Å². The maximum atomic E-state index is 11.6. The molecule has 1 aromatic carbocycles. The van der Waals surface area contributed by atoms with Crippen LogP contribution in [0.2, 0.25) is 0 Å². The van der Waals surface area contributed by atoms with Crippen LogP contribution < -0.4 is 9.44 Å². The minimum absolute atomic E-state index is 0.0105. The summed E-state index contributed by atoms with van der Waals surface area (Å²) in [6.45, 7) is 1.38. The quantitative estimate of drug-likeness (QED) is 0.669. The third-order valence-corrected chi connectivity index (χ3v) is 3.16. The molecule has 0 spiro atoms. The van der Waals surface area contributed by atoms with Crippen molar-refractivity contribution in [3.05, 3.63) is 35.4 Å². The number of hydrogen-bond acceptors (Lipinski definition) is 5. The highest BCUT2D eigenvalue weighted by Gasteiger charge is 2.14. The third-order valence-electron chi connectivity index (χ3n) is 2.20. The Morgan fingerprint density at radius 3 is 2.86 bits per heavy atom. The summed E-state index contributed by atoms with van der Waals surface area (Å²) in [6.07, 6.45) is -1.03. The Morgan fingerprint density at radius 1 is 1.43 bits per heavy atom. The highest BCUT2D eigenvalue weighted by Crippen LogP contribution is 2.04. The zero-order chi connectivity index (χ0) is 15.7. The molecule has 0 radical (unpaired) electrons. The predicted molar refractivity (Wildman–Crippen MR) is 76.3 cm³/mol. The van der Waals surface area contributed by atoms with Crippen molar-refractivity contribution in [2.45, 2.75) is 13.5 Å². The van der Waals surface area contributed by atoms with E-state index in [0.717, 1.165) is 0 Å². The van der Waals surface area contributed by atoms with E-state index in [9.17, 15) is 13.2 Å². The molecule has 0 aliphatic rings. The van der Waals surface area contributed by atoms with E-state index in [-0.39, 0.29) is 19.8 Å². The van der Waals surface area contributed by atoms with Crippen LogP contribution >= 0.6 is 0 Å². The molecule has 0 unspecified atom stereocenters. The predicted octanol–water partition coefficient (Wildman–Crippen LogP) is 0.111. The zero-order valence-electron chi connectivity index (χ0n) is 11.4. The average Bonchev–Trinajstić information content (AvgIpc) is 2.43. The van der Waals surface area contributed by atoms with Crippen LogP contribution in [0.5, 0.6) is 0 Å². The van der Waals surface area contributed by atoms with Gasteiger partial charge in [0.15, 0.2) is 0 Å². The minimum atomic E-state index is -3.98. The number of nitrogens with one attached hydrogen (secondary N) is 2. The Labute approximate surface area is 123 Å². The summed E-state index contributed by atoms with van der Waals surface area (Å²) in [5, 5.41) is 8.62. The standard InChI is InChI=1S/C13H16N2O5S/c1-2-20-13(17)15-21(18,19)14-10-12-6-3-5-11(9-12)7-4-8-16/h3,5-6,9,14,16H,2,8,10H2,1H3,(H,15,17). The fourth-order valence-electron chi connectivity index (χ4n) is 1.39. The molecule has 0 aliphatic carbocycles. The van der Waals surface area contributed by atoms with Gasteiger partial charge in [0.2, 0.25) is 0 Å². The molecular formula is C13H16N2O5S. The van der Waals surface area contributed by atoms with E-state index in [2.05, 4.69) is 21.3 Å². The summed E-state index contributed by atoms with van der Waals surface area (Å²) < 4.78 is 31.5. The van der Waals surface area contributed by atoms with Crippen LogP contribution in [0.1, 0.15) is 18.1 Å². The summed E-state index contributed by atoms with van der Waals surface area (Å²) in [5.74, 6) is 5.21.